The average Bonchev–Trinajstić information content (AvgIpc) is 2.64. The van der Waals surface area contributed by atoms with Crippen LogP contribution >= 0.6 is 0 Å². The van der Waals surface area contributed by atoms with Crippen LogP contribution in [0.5, 0.6) is 11.5 Å². The molecule has 20 heavy (non-hydrogen) atoms. The Bertz CT molecular complexity index is 602. The summed E-state index contributed by atoms with van der Waals surface area (Å²) in [7, 11) is 1.93. The van der Waals surface area contributed by atoms with E-state index < -0.39 is 0 Å². The van der Waals surface area contributed by atoms with Crippen LogP contribution in [0.25, 0.3) is 0 Å². The van der Waals surface area contributed by atoms with Gasteiger partial charge in [0, 0.05) is 13.6 Å². The van der Waals surface area contributed by atoms with Crippen LogP contribution in [0.1, 0.15) is 29.4 Å². The van der Waals surface area contributed by atoms with Gasteiger partial charge in [-0.25, -0.2) is 0 Å². The number of nitrogens with one attached hydrogen (secondary N) is 1. The second-order valence-corrected chi connectivity index (χ2v) is 5.09. The molecule has 4 nitrogen and oxygen atoms in total. The van der Waals surface area contributed by atoms with Crippen LogP contribution in [0, 0.1) is 20.8 Å². The maximum absolute atomic E-state index is 6.00. The quantitative estimate of drug-likeness (QED) is 0.909. The van der Waals surface area contributed by atoms with E-state index >= 15 is 0 Å². The molecule has 2 rings (SSSR count). The van der Waals surface area contributed by atoms with Gasteiger partial charge >= 0.3 is 0 Å². The van der Waals surface area contributed by atoms with Gasteiger partial charge in [-0.2, -0.15) is 5.10 Å². The fourth-order valence-corrected chi connectivity index (χ4v) is 2.21. The largest absolute Gasteiger partial charge is 0.453 e. The lowest BCUT2D eigenvalue weighted by Gasteiger charge is -2.10. The van der Waals surface area contributed by atoms with Gasteiger partial charge in [-0.05, 0) is 50.6 Å². The highest BCUT2D eigenvalue weighted by atomic mass is 16.5. The lowest BCUT2D eigenvalue weighted by molar-refractivity contribution is 0.473. The Morgan fingerprint density at radius 2 is 2.00 bits per heavy atom. The van der Waals surface area contributed by atoms with Crippen molar-refractivity contribution in [3.8, 4) is 11.5 Å². The van der Waals surface area contributed by atoms with Gasteiger partial charge in [-0.1, -0.05) is 13.0 Å². The molecule has 0 atom stereocenters. The Hall–Kier alpha value is -1.81. The maximum Gasteiger partial charge on any atom is 0.171 e. The van der Waals surface area contributed by atoms with E-state index in [9.17, 15) is 0 Å². The molecule has 0 aliphatic rings. The van der Waals surface area contributed by atoms with E-state index in [4.69, 9.17) is 4.74 Å². The highest BCUT2D eigenvalue weighted by Crippen LogP contribution is 2.29. The van der Waals surface area contributed by atoms with E-state index in [0.29, 0.717) is 0 Å². The van der Waals surface area contributed by atoms with Crippen molar-refractivity contribution in [2.75, 3.05) is 6.54 Å². The highest BCUT2D eigenvalue weighted by molar-refractivity contribution is 5.40. The molecule has 0 radical (unpaired) electrons. The summed E-state index contributed by atoms with van der Waals surface area (Å²) in [4.78, 5) is 0. The summed E-state index contributed by atoms with van der Waals surface area (Å²) in [6.07, 6.45) is 0. The summed E-state index contributed by atoms with van der Waals surface area (Å²) in [6.45, 7) is 10.1. The number of nitrogens with zero attached hydrogens (tertiary/aromatic N) is 2. The van der Waals surface area contributed by atoms with Crippen LogP contribution in [-0.2, 0) is 13.6 Å². The first-order valence-electron chi connectivity index (χ1n) is 7.01. The fraction of sp³-hybridized carbons (Fsp3) is 0.438. The second-order valence-electron chi connectivity index (χ2n) is 5.09. The van der Waals surface area contributed by atoms with Crippen LogP contribution in [0.4, 0.5) is 0 Å². The number of aryl methyl sites for hydroxylation is 3. The average molecular weight is 273 g/mol. The molecule has 1 heterocycles. The predicted molar refractivity (Wildman–Crippen MR) is 81.3 cm³/mol. The van der Waals surface area contributed by atoms with Crippen molar-refractivity contribution in [1.82, 2.24) is 15.1 Å². The number of hydrogen-bond donors (Lipinski definition) is 1. The Morgan fingerprint density at radius 1 is 1.25 bits per heavy atom. The molecule has 0 aliphatic carbocycles. The lowest BCUT2D eigenvalue weighted by Crippen LogP contribution is -2.12. The van der Waals surface area contributed by atoms with E-state index in [2.05, 4.69) is 36.4 Å². The number of benzene rings is 1. The number of ether oxygens (including phenoxy) is 1. The molecule has 0 spiro atoms. The summed E-state index contributed by atoms with van der Waals surface area (Å²) in [6, 6.07) is 6.22. The number of aromatic nitrogens is 2. The molecule has 0 bridgehead atoms. The van der Waals surface area contributed by atoms with Gasteiger partial charge < -0.3 is 10.1 Å². The van der Waals surface area contributed by atoms with Gasteiger partial charge in [0.05, 0.1) is 5.69 Å². The van der Waals surface area contributed by atoms with E-state index in [1.165, 1.54) is 11.1 Å². The van der Waals surface area contributed by atoms with Gasteiger partial charge in [-0.15, -0.1) is 0 Å². The topological polar surface area (TPSA) is 39.1 Å². The summed E-state index contributed by atoms with van der Waals surface area (Å²) < 4.78 is 7.84. The minimum atomic E-state index is 0.853. The molecule has 0 fully saturated rings. The van der Waals surface area contributed by atoms with Crippen LogP contribution in [-0.4, -0.2) is 16.3 Å². The Labute approximate surface area is 120 Å². The zero-order valence-electron chi connectivity index (χ0n) is 12.9. The molecule has 0 amide bonds. The molecule has 2 aromatic rings. The van der Waals surface area contributed by atoms with Gasteiger partial charge in [0.25, 0.3) is 0 Å². The summed E-state index contributed by atoms with van der Waals surface area (Å²) >= 11 is 0. The highest BCUT2D eigenvalue weighted by Gasteiger charge is 2.12. The zero-order chi connectivity index (χ0) is 14.7. The molecule has 4 heteroatoms. The van der Waals surface area contributed by atoms with E-state index in [-0.39, 0.29) is 0 Å². The van der Waals surface area contributed by atoms with Crippen molar-refractivity contribution < 1.29 is 4.74 Å². The molecular formula is C16H23N3O. The zero-order valence-corrected chi connectivity index (χ0v) is 12.9. The van der Waals surface area contributed by atoms with E-state index in [1.807, 2.05) is 31.6 Å². The van der Waals surface area contributed by atoms with Crippen molar-refractivity contribution in [2.24, 2.45) is 7.05 Å². The first kappa shape index (κ1) is 14.6. The van der Waals surface area contributed by atoms with Crippen molar-refractivity contribution in [2.45, 2.75) is 34.2 Å². The monoisotopic (exact) mass is 273 g/mol. The van der Waals surface area contributed by atoms with Crippen LogP contribution in [0.15, 0.2) is 18.2 Å². The standard InChI is InChI=1S/C16H23N3O/c1-6-17-10-14-7-8-15(9-11(14)2)20-16-12(3)18-19(5)13(16)4/h7-9,17H,6,10H2,1-5H3. The van der Waals surface area contributed by atoms with Gasteiger partial charge in [-0.3, -0.25) is 4.68 Å². The first-order chi connectivity index (χ1) is 9.52. The van der Waals surface area contributed by atoms with Crippen molar-refractivity contribution in [1.29, 1.82) is 0 Å². The summed E-state index contributed by atoms with van der Waals surface area (Å²) in [5, 5.41) is 7.71. The third-order valence-electron chi connectivity index (χ3n) is 3.54. The smallest absolute Gasteiger partial charge is 0.171 e. The number of hydrogen-bond acceptors (Lipinski definition) is 3. The number of rotatable bonds is 5. The maximum atomic E-state index is 6.00. The van der Waals surface area contributed by atoms with Gasteiger partial charge in [0.15, 0.2) is 5.75 Å². The SMILES string of the molecule is CCNCc1ccc(Oc2c(C)nn(C)c2C)cc1C. The second kappa shape index (κ2) is 6.09. The Kier molecular flexibility index (Phi) is 4.45. The van der Waals surface area contributed by atoms with Crippen molar-refractivity contribution in [3.05, 3.63) is 40.7 Å². The normalized spacial score (nSPS) is 10.8. The van der Waals surface area contributed by atoms with Gasteiger partial charge in [0.1, 0.15) is 11.4 Å². The molecule has 0 saturated heterocycles. The summed E-state index contributed by atoms with van der Waals surface area (Å²) in [5.41, 5.74) is 4.50. The van der Waals surface area contributed by atoms with Crippen LogP contribution in [0.2, 0.25) is 0 Å². The lowest BCUT2D eigenvalue weighted by atomic mass is 10.1. The molecule has 108 valence electrons. The van der Waals surface area contributed by atoms with E-state index in [0.717, 1.165) is 36.0 Å². The molecule has 0 saturated carbocycles. The van der Waals surface area contributed by atoms with Gasteiger partial charge in [0.2, 0.25) is 0 Å². The molecule has 0 unspecified atom stereocenters. The third-order valence-corrected chi connectivity index (χ3v) is 3.54. The molecule has 1 N–H and O–H groups in total. The minimum absolute atomic E-state index is 0.853. The minimum Gasteiger partial charge on any atom is -0.453 e. The van der Waals surface area contributed by atoms with E-state index in [1.54, 1.807) is 0 Å². The fourth-order valence-electron chi connectivity index (χ4n) is 2.21. The molecule has 0 aliphatic heterocycles. The molecule has 1 aromatic carbocycles. The van der Waals surface area contributed by atoms with Crippen molar-refractivity contribution in [3.63, 3.8) is 0 Å². The molecule has 1 aromatic heterocycles. The van der Waals surface area contributed by atoms with Crippen LogP contribution < -0.4 is 10.1 Å². The summed E-state index contributed by atoms with van der Waals surface area (Å²) in [5.74, 6) is 1.72. The first-order valence-corrected chi connectivity index (χ1v) is 7.01. The Balaban J connectivity index is 2.20. The third kappa shape index (κ3) is 3.02. The Morgan fingerprint density at radius 3 is 2.55 bits per heavy atom. The predicted octanol–water partition coefficient (Wildman–Crippen LogP) is 3.25. The van der Waals surface area contributed by atoms with Crippen LogP contribution in [0.3, 0.4) is 0 Å². The molecular weight excluding hydrogens is 250 g/mol. The van der Waals surface area contributed by atoms with Crippen molar-refractivity contribution >= 4 is 0 Å².